The van der Waals surface area contributed by atoms with Crippen LogP contribution in [0.4, 0.5) is 5.69 Å². The molecule has 0 saturated carbocycles. The second-order valence-corrected chi connectivity index (χ2v) is 8.29. The van der Waals surface area contributed by atoms with E-state index in [2.05, 4.69) is 56.3 Å². The highest BCUT2D eigenvalue weighted by Crippen LogP contribution is 2.28. The molecule has 2 aromatic heterocycles. The van der Waals surface area contributed by atoms with Crippen molar-refractivity contribution in [2.24, 2.45) is 0 Å². The number of nitrogens with zero attached hydrogens (tertiary/aromatic N) is 2. The minimum Gasteiger partial charge on any atom is -0.473 e. The van der Waals surface area contributed by atoms with Crippen molar-refractivity contribution >= 4 is 51.0 Å². The first-order valence-corrected chi connectivity index (χ1v) is 11.1. The Morgan fingerprint density at radius 3 is 2.33 bits per heavy atom. The molecule has 1 aliphatic heterocycles. The first kappa shape index (κ1) is 22.7. The van der Waals surface area contributed by atoms with Crippen LogP contribution in [0.15, 0.2) is 54.9 Å². The lowest BCUT2D eigenvalue weighted by Gasteiger charge is -2.36. The standard InChI is InChI=1S/C22H23ClN4.C2H2O4/c23-18-3-1-5-20-22(18)16(15-25-20)8-10-26-11-13-27(14-12-26)21-6-2-4-19-17(21)7-9-24-19;3-1(4)2(5)6/h1-7,9,15,24-25H,8,10-14H2;(H,3,4)(H,5,6). The Morgan fingerprint density at radius 1 is 0.909 bits per heavy atom. The maximum absolute atomic E-state index is 9.10. The molecule has 0 bridgehead atoms. The van der Waals surface area contributed by atoms with Gasteiger partial charge in [-0.15, -0.1) is 0 Å². The molecule has 0 amide bonds. The van der Waals surface area contributed by atoms with E-state index >= 15 is 0 Å². The number of halogens is 1. The predicted molar refractivity (Wildman–Crippen MR) is 129 cm³/mol. The Morgan fingerprint density at radius 2 is 1.61 bits per heavy atom. The largest absolute Gasteiger partial charge is 0.473 e. The van der Waals surface area contributed by atoms with Gasteiger partial charge in [0.05, 0.1) is 5.02 Å². The number of carboxylic acid groups (broad SMARTS) is 2. The number of rotatable bonds is 4. The summed E-state index contributed by atoms with van der Waals surface area (Å²) in [5.74, 6) is -3.65. The van der Waals surface area contributed by atoms with Crippen molar-refractivity contribution in [1.29, 1.82) is 0 Å². The van der Waals surface area contributed by atoms with Crippen LogP contribution < -0.4 is 4.90 Å². The van der Waals surface area contributed by atoms with Gasteiger partial charge in [0.15, 0.2) is 0 Å². The van der Waals surface area contributed by atoms with Crippen molar-refractivity contribution < 1.29 is 19.8 Å². The number of fused-ring (bicyclic) bond motifs is 2. The van der Waals surface area contributed by atoms with Gasteiger partial charge in [-0.2, -0.15) is 0 Å². The summed E-state index contributed by atoms with van der Waals surface area (Å²) < 4.78 is 0. The number of benzene rings is 2. The number of H-pyrrole nitrogens is 2. The third-order valence-corrected chi connectivity index (χ3v) is 6.22. The van der Waals surface area contributed by atoms with Crippen LogP contribution in [0.3, 0.4) is 0 Å². The van der Waals surface area contributed by atoms with Crippen LogP contribution in [0.2, 0.25) is 5.02 Å². The first-order chi connectivity index (χ1) is 15.9. The number of aromatic nitrogens is 2. The lowest BCUT2D eigenvalue weighted by Crippen LogP contribution is -2.47. The highest BCUT2D eigenvalue weighted by atomic mass is 35.5. The average molecular weight is 469 g/mol. The Balaban J connectivity index is 0.000000385. The quantitative estimate of drug-likeness (QED) is 0.339. The summed E-state index contributed by atoms with van der Waals surface area (Å²) in [6, 6.07) is 14.8. The topological polar surface area (TPSA) is 113 Å². The van der Waals surface area contributed by atoms with Gasteiger partial charge < -0.3 is 25.1 Å². The maximum atomic E-state index is 9.10. The van der Waals surface area contributed by atoms with Crippen molar-refractivity contribution in [1.82, 2.24) is 14.9 Å². The molecule has 1 saturated heterocycles. The van der Waals surface area contributed by atoms with Gasteiger partial charge in [0, 0.05) is 72.6 Å². The van der Waals surface area contributed by atoms with Crippen LogP contribution in [0.5, 0.6) is 0 Å². The molecular weight excluding hydrogens is 444 g/mol. The fourth-order valence-corrected chi connectivity index (χ4v) is 4.54. The van der Waals surface area contributed by atoms with Gasteiger partial charge in [0.25, 0.3) is 0 Å². The zero-order valence-electron chi connectivity index (χ0n) is 17.9. The van der Waals surface area contributed by atoms with E-state index in [1.165, 1.54) is 27.5 Å². The zero-order chi connectivity index (χ0) is 23.4. The van der Waals surface area contributed by atoms with Gasteiger partial charge in [0.1, 0.15) is 0 Å². The van der Waals surface area contributed by atoms with Gasteiger partial charge in [-0.3, -0.25) is 4.90 Å². The average Bonchev–Trinajstić information content (AvgIpc) is 3.46. The Bertz CT molecular complexity index is 1260. The van der Waals surface area contributed by atoms with Crippen LogP contribution in [-0.4, -0.2) is 69.7 Å². The summed E-state index contributed by atoms with van der Waals surface area (Å²) in [6.07, 6.45) is 5.16. The molecule has 4 aromatic rings. The SMILES string of the molecule is Clc1cccc2[nH]cc(CCN3CCN(c4cccc5[nH]ccc45)CC3)c12.O=C(O)C(=O)O. The Kier molecular flexibility index (Phi) is 6.86. The second-order valence-electron chi connectivity index (χ2n) is 7.88. The summed E-state index contributed by atoms with van der Waals surface area (Å²) in [6.45, 7) is 5.39. The van der Waals surface area contributed by atoms with Crippen LogP contribution in [-0.2, 0) is 16.0 Å². The van der Waals surface area contributed by atoms with Gasteiger partial charge in [-0.05, 0) is 42.3 Å². The van der Waals surface area contributed by atoms with Crippen molar-refractivity contribution in [2.45, 2.75) is 6.42 Å². The zero-order valence-corrected chi connectivity index (χ0v) is 18.7. The van der Waals surface area contributed by atoms with Gasteiger partial charge in [0.2, 0.25) is 0 Å². The predicted octanol–water partition coefficient (Wildman–Crippen LogP) is 3.82. The molecule has 2 aromatic carbocycles. The number of hydrogen-bond acceptors (Lipinski definition) is 4. The summed E-state index contributed by atoms with van der Waals surface area (Å²) in [4.78, 5) is 29.9. The molecule has 172 valence electrons. The van der Waals surface area contributed by atoms with Gasteiger partial charge in [-0.1, -0.05) is 23.7 Å². The number of piperazine rings is 1. The lowest BCUT2D eigenvalue weighted by molar-refractivity contribution is -0.159. The summed E-state index contributed by atoms with van der Waals surface area (Å²) >= 11 is 6.41. The third-order valence-electron chi connectivity index (χ3n) is 5.90. The normalized spacial score (nSPS) is 14.3. The fourth-order valence-electron chi connectivity index (χ4n) is 4.24. The molecule has 0 atom stereocenters. The van der Waals surface area contributed by atoms with E-state index in [0.29, 0.717) is 0 Å². The highest BCUT2D eigenvalue weighted by Gasteiger charge is 2.19. The molecular formula is C24H25ClN4O4. The van der Waals surface area contributed by atoms with Crippen molar-refractivity contribution in [3.8, 4) is 0 Å². The smallest absolute Gasteiger partial charge is 0.414 e. The fraction of sp³-hybridized carbons (Fsp3) is 0.250. The molecule has 3 heterocycles. The molecule has 5 rings (SSSR count). The Hall–Kier alpha value is -3.49. The van der Waals surface area contributed by atoms with Crippen LogP contribution >= 0.6 is 11.6 Å². The number of carboxylic acids is 2. The molecule has 4 N–H and O–H groups in total. The summed E-state index contributed by atoms with van der Waals surface area (Å²) in [7, 11) is 0. The van der Waals surface area contributed by atoms with E-state index < -0.39 is 11.9 Å². The minimum absolute atomic E-state index is 0.841. The van der Waals surface area contributed by atoms with Crippen molar-refractivity contribution in [3.05, 3.63) is 65.4 Å². The van der Waals surface area contributed by atoms with Crippen molar-refractivity contribution in [2.75, 3.05) is 37.6 Å². The van der Waals surface area contributed by atoms with Crippen LogP contribution in [0.25, 0.3) is 21.8 Å². The lowest BCUT2D eigenvalue weighted by atomic mass is 10.1. The van der Waals surface area contributed by atoms with Crippen LogP contribution in [0, 0.1) is 0 Å². The minimum atomic E-state index is -1.82. The number of anilines is 1. The van der Waals surface area contributed by atoms with Gasteiger partial charge >= 0.3 is 11.9 Å². The second kappa shape index (κ2) is 9.97. The monoisotopic (exact) mass is 468 g/mol. The summed E-state index contributed by atoms with van der Waals surface area (Å²) in [5.41, 5.74) is 5.00. The molecule has 8 nitrogen and oxygen atoms in total. The number of aromatic amines is 2. The molecule has 0 unspecified atom stereocenters. The molecule has 1 aliphatic rings. The maximum Gasteiger partial charge on any atom is 0.414 e. The number of nitrogens with one attached hydrogen (secondary N) is 2. The summed E-state index contributed by atoms with van der Waals surface area (Å²) in [5, 5.41) is 18.1. The number of aliphatic carboxylic acids is 2. The third kappa shape index (κ3) is 5.13. The number of carbonyl (C=O) groups is 2. The van der Waals surface area contributed by atoms with Gasteiger partial charge in [-0.25, -0.2) is 9.59 Å². The van der Waals surface area contributed by atoms with Crippen LogP contribution in [0.1, 0.15) is 5.56 Å². The molecule has 9 heteroatoms. The molecule has 0 radical (unpaired) electrons. The molecule has 33 heavy (non-hydrogen) atoms. The first-order valence-electron chi connectivity index (χ1n) is 10.7. The Labute approximate surface area is 195 Å². The molecule has 0 spiro atoms. The molecule has 0 aliphatic carbocycles. The van der Waals surface area contributed by atoms with Crippen molar-refractivity contribution in [3.63, 3.8) is 0 Å². The van der Waals surface area contributed by atoms with E-state index in [1.807, 2.05) is 18.3 Å². The van der Waals surface area contributed by atoms with E-state index in [1.54, 1.807) is 0 Å². The van der Waals surface area contributed by atoms with E-state index in [9.17, 15) is 0 Å². The van der Waals surface area contributed by atoms with E-state index in [0.717, 1.165) is 49.7 Å². The molecule has 1 fully saturated rings. The highest BCUT2D eigenvalue weighted by molar-refractivity contribution is 6.35. The number of hydrogen-bond donors (Lipinski definition) is 4. The van der Waals surface area contributed by atoms with E-state index in [4.69, 9.17) is 31.4 Å². The van der Waals surface area contributed by atoms with E-state index in [-0.39, 0.29) is 0 Å².